The highest BCUT2D eigenvalue weighted by Gasteiger charge is 2.22. The third-order valence-corrected chi connectivity index (χ3v) is 4.98. The molecule has 0 bridgehead atoms. The lowest BCUT2D eigenvalue weighted by atomic mass is 10.0. The number of benzene rings is 2. The van der Waals surface area contributed by atoms with Crippen molar-refractivity contribution in [3.05, 3.63) is 58.9 Å². The first kappa shape index (κ1) is 23.8. The summed E-state index contributed by atoms with van der Waals surface area (Å²) in [6.45, 7) is 3.78. The maximum Gasteiger partial charge on any atom is 0.305 e. The van der Waals surface area contributed by atoms with E-state index < -0.39 is 11.8 Å². The van der Waals surface area contributed by atoms with Crippen molar-refractivity contribution < 1.29 is 23.5 Å². The summed E-state index contributed by atoms with van der Waals surface area (Å²) in [6.07, 6.45) is 1.02. The van der Waals surface area contributed by atoms with Gasteiger partial charge in [-0.05, 0) is 31.5 Å². The molecule has 0 heterocycles. The number of esters is 1. The molecule has 0 aliphatic carbocycles. The number of hydrogen-bond acceptors (Lipinski definition) is 5. The number of hydrogen-bond donors (Lipinski definition) is 1. The molecule has 0 amide bonds. The van der Waals surface area contributed by atoms with Gasteiger partial charge in [-0.25, -0.2) is 4.39 Å². The SMILES string of the molecule is CC[C@@H](N[C@@H](C)CC(=O)CCC(=O)OC)c1ccc(Cl)c(Oc2ccccc2)c1F. The van der Waals surface area contributed by atoms with Crippen LogP contribution < -0.4 is 10.1 Å². The topological polar surface area (TPSA) is 64.6 Å². The Bertz CT molecular complexity index is 860. The Hall–Kier alpha value is -2.44. The number of nitrogens with one attached hydrogen (secondary N) is 1. The van der Waals surface area contributed by atoms with Crippen molar-refractivity contribution in [2.45, 2.75) is 51.6 Å². The highest BCUT2D eigenvalue weighted by Crippen LogP contribution is 2.36. The molecule has 0 saturated carbocycles. The Morgan fingerprint density at radius 3 is 2.47 bits per heavy atom. The minimum Gasteiger partial charge on any atom is -0.469 e. The van der Waals surface area contributed by atoms with Crippen LogP contribution in [0, 0.1) is 5.82 Å². The van der Waals surface area contributed by atoms with E-state index in [1.165, 1.54) is 7.11 Å². The molecule has 2 atom stereocenters. The predicted molar refractivity (Wildman–Crippen MR) is 114 cm³/mol. The summed E-state index contributed by atoms with van der Waals surface area (Å²) < 4.78 is 25.5. The molecule has 1 N–H and O–H groups in total. The van der Waals surface area contributed by atoms with Crippen molar-refractivity contribution in [2.75, 3.05) is 7.11 Å². The lowest BCUT2D eigenvalue weighted by Crippen LogP contribution is -2.32. The molecule has 0 radical (unpaired) electrons. The molecule has 2 aromatic rings. The average Bonchev–Trinajstić information content (AvgIpc) is 2.74. The van der Waals surface area contributed by atoms with Crippen LogP contribution >= 0.6 is 11.6 Å². The van der Waals surface area contributed by atoms with Gasteiger partial charge in [0.15, 0.2) is 11.6 Å². The Labute approximate surface area is 181 Å². The van der Waals surface area contributed by atoms with Crippen molar-refractivity contribution >= 4 is 23.4 Å². The van der Waals surface area contributed by atoms with Gasteiger partial charge in [0.2, 0.25) is 0 Å². The molecule has 5 nitrogen and oxygen atoms in total. The van der Waals surface area contributed by atoms with Gasteiger partial charge in [-0.1, -0.05) is 42.8 Å². The zero-order chi connectivity index (χ0) is 22.1. The summed E-state index contributed by atoms with van der Waals surface area (Å²) in [4.78, 5) is 23.3. The Balaban J connectivity index is 2.09. The fourth-order valence-electron chi connectivity index (χ4n) is 3.13. The normalized spacial score (nSPS) is 12.8. The molecule has 0 unspecified atom stereocenters. The monoisotopic (exact) mass is 435 g/mol. The molecule has 0 spiro atoms. The minimum atomic E-state index is -0.532. The van der Waals surface area contributed by atoms with Gasteiger partial charge in [0.05, 0.1) is 18.6 Å². The van der Waals surface area contributed by atoms with Crippen LogP contribution in [-0.4, -0.2) is 24.9 Å². The van der Waals surface area contributed by atoms with Crippen LogP contribution in [-0.2, 0) is 14.3 Å². The summed E-state index contributed by atoms with van der Waals surface area (Å²) >= 11 is 6.18. The van der Waals surface area contributed by atoms with Crippen molar-refractivity contribution in [3.63, 3.8) is 0 Å². The number of carbonyl (C=O) groups excluding carboxylic acids is 2. The van der Waals surface area contributed by atoms with E-state index >= 15 is 4.39 Å². The fraction of sp³-hybridized carbons (Fsp3) is 0.391. The molecule has 0 aliphatic heterocycles. The number of Topliss-reactive ketones (excluding diaryl/α,β-unsaturated/α-hetero) is 1. The van der Waals surface area contributed by atoms with Crippen LogP contribution in [0.1, 0.15) is 51.1 Å². The maximum atomic E-state index is 15.2. The smallest absolute Gasteiger partial charge is 0.305 e. The highest BCUT2D eigenvalue weighted by molar-refractivity contribution is 6.32. The lowest BCUT2D eigenvalue weighted by molar-refractivity contribution is -0.142. The highest BCUT2D eigenvalue weighted by atomic mass is 35.5. The number of ether oxygens (including phenoxy) is 2. The second-order valence-electron chi connectivity index (χ2n) is 7.04. The molecular formula is C23H27ClFNO4. The Kier molecular flexibility index (Phi) is 9.27. The van der Waals surface area contributed by atoms with E-state index in [1.54, 1.807) is 36.4 Å². The van der Waals surface area contributed by atoms with Gasteiger partial charge in [-0.3, -0.25) is 9.59 Å². The minimum absolute atomic E-state index is 0.0255. The summed E-state index contributed by atoms with van der Waals surface area (Å²) in [7, 11) is 1.29. The number of halogens is 2. The quantitative estimate of drug-likeness (QED) is 0.464. The number of methoxy groups -OCH3 is 1. The van der Waals surface area contributed by atoms with Crippen LogP contribution in [0.2, 0.25) is 5.02 Å². The first-order valence-corrected chi connectivity index (χ1v) is 10.3. The van der Waals surface area contributed by atoms with Crippen molar-refractivity contribution in [1.82, 2.24) is 5.32 Å². The zero-order valence-electron chi connectivity index (χ0n) is 17.4. The molecule has 0 aromatic heterocycles. The number of ketones is 1. The van der Waals surface area contributed by atoms with E-state index in [0.717, 1.165) is 0 Å². The summed E-state index contributed by atoms with van der Waals surface area (Å²) in [5, 5.41) is 3.47. The second kappa shape index (κ2) is 11.7. The van der Waals surface area contributed by atoms with Gasteiger partial charge in [0.1, 0.15) is 11.5 Å². The molecule has 0 fully saturated rings. The number of para-hydroxylation sites is 1. The van der Waals surface area contributed by atoms with E-state index in [2.05, 4.69) is 10.1 Å². The van der Waals surface area contributed by atoms with Crippen LogP contribution in [0.5, 0.6) is 11.5 Å². The molecular weight excluding hydrogens is 409 g/mol. The third kappa shape index (κ3) is 6.82. The predicted octanol–water partition coefficient (Wildman–Crippen LogP) is 5.61. The second-order valence-corrected chi connectivity index (χ2v) is 7.45. The van der Waals surface area contributed by atoms with Crippen molar-refractivity contribution in [3.8, 4) is 11.5 Å². The van der Waals surface area contributed by atoms with E-state index in [9.17, 15) is 9.59 Å². The number of carbonyl (C=O) groups is 2. The van der Waals surface area contributed by atoms with Gasteiger partial charge >= 0.3 is 5.97 Å². The van der Waals surface area contributed by atoms with Gasteiger partial charge in [-0.15, -0.1) is 0 Å². The standard InChI is InChI=1S/C23H27ClFNO4/c1-4-20(26-15(2)14-16(27)10-13-21(28)29-3)18-11-12-19(24)23(22(18)25)30-17-8-6-5-7-9-17/h5-9,11-12,15,20,26H,4,10,13-14H2,1-3H3/t15-,20+/m0/s1. The van der Waals surface area contributed by atoms with Gasteiger partial charge < -0.3 is 14.8 Å². The lowest BCUT2D eigenvalue weighted by Gasteiger charge is -2.24. The molecule has 30 heavy (non-hydrogen) atoms. The summed E-state index contributed by atoms with van der Waals surface area (Å²) in [5.41, 5.74) is 0.418. The molecule has 7 heteroatoms. The van der Waals surface area contributed by atoms with Gasteiger partial charge in [-0.2, -0.15) is 0 Å². The van der Waals surface area contributed by atoms with E-state index in [1.807, 2.05) is 19.9 Å². The van der Waals surface area contributed by atoms with E-state index in [4.69, 9.17) is 16.3 Å². The summed E-state index contributed by atoms with van der Waals surface area (Å²) in [5.74, 6) is -0.539. The molecule has 162 valence electrons. The molecule has 2 rings (SSSR count). The summed E-state index contributed by atoms with van der Waals surface area (Å²) in [6, 6.07) is 11.6. The van der Waals surface area contributed by atoms with Crippen LogP contribution in [0.25, 0.3) is 0 Å². The largest absolute Gasteiger partial charge is 0.469 e. The first-order chi connectivity index (χ1) is 14.3. The number of rotatable bonds is 11. The van der Waals surface area contributed by atoms with E-state index in [-0.39, 0.29) is 47.9 Å². The van der Waals surface area contributed by atoms with E-state index in [0.29, 0.717) is 17.7 Å². The Morgan fingerprint density at radius 1 is 1.13 bits per heavy atom. The maximum absolute atomic E-state index is 15.2. The molecule has 2 aromatic carbocycles. The van der Waals surface area contributed by atoms with Gasteiger partial charge in [0, 0.05) is 30.5 Å². The van der Waals surface area contributed by atoms with Crippen LogP contribution in [0.15, 0.2) is 42.5 Å². The van der Waals surface area contributed by atoms with Crippen molar-refractivity contribution in [1.29, 1.82) is 0 Å². The molecule has 0 aliphatic rings. The average molecular weight is 436 g/mol. The van der Waals surface area contributed by atoms with Gasteiger partial charge in [0.25, 0.3) is 0 Å². The van der Waals surface area contributed by atoms with Crippen LogP contribution in [0.4, 0.5) is 4.39 Å². The fourth-order valence-corrected chi connectivity index (χ4v) is 3.32. The van der Waals surface area contributed by atoms with Crippen LogP contribution in [0.3, 0.4) is 0 Å². The first-order valence-electron chi connectivity index (χ1n) is 9.91. The Morgan fingerprint density at radius 2 is 1.83 bits per heavy atom. The zero-order valence-corrected chi connectivity index (χ0v) is 18.2. The third-order valence-electron chi connectivity index (χ3n) is 4.68. The van der Waals surface area contributed by atoms with Crippen molar-refractivity contribution in [2.24, 2.45) is 0 Å². The molecule has 0 saturated heterocycles.